The number of carbonyl (C=O) groups is 2. The van der Waals surface area contributed by atoms with Crippen LogP contribution in [-0.4, -0.2) is 37.1 Å². The van der Waals surface area contributed by atoms with Crippen LogP contribution in [0.3, 0.4) is 0 Å². The van der Waals surface area contributed by atoms with E-state index in [1.165, 1.54) is 0 Å². The van der Waals surface area contributed by atoms with Gasteiger partial charge in [-0.3, -0.25) is 9.59 Å². The Kier molecular flexibility index (Phi) is 4.87. The van der Waals surface area contributed by atoms with E-state index in [0.29, 0.717) is 17.3 Å². The first kappa shape index (κ1) is 16.3. The minimum Gasteiger partial charge on any atom is -0.376 e. The minimum absolute atomic E-state index is 0.0329. The van der Waals surface area contributed by atoms with Gasteiger partial charge in [0.2, 0.25) is 11.8 Å². The maximum atomic E-state index is 12.4. The molecule has 1 aromatic carbocycles. The van der Waals surface area contributed by atoms with Crippen molar-refractivity contribution in [3.8, 4) is 0 Å². The molecule has 3 atom stereocenters. The molecule has 0 bridgehead atoms. The summed E-state index contributed by atoms with van der Waals surface area (Å²) in [5, 5.41) is 3.52. The summed E-state index contributed by atoms with van der Waals surface area (Å²) in [6.45, 7) is 3.08. The van der Waals surface area contributed by atoms with Crippen LogP contribution in [0.1, 0.15) is 26.2 Å². The van der Waals surface area contributed by atoms with Gasteiger partial charge in [0.1, 0.15) is 0 Å². The van der Waals surface area contributed by atoms with Gasteiger partial charge in [0.25, 0.3) is 0 Å². The van der Waals surface area contributed by atoms with E-state index >= 15 is 0 Å². The van der Waals surface area contributed by atoms with E-state index in [0.717, 1.165) is 19.4 Å². The summed E-state index contributed by atoms with van der Waals surface area (Å²) in [7, 11) is 0. The number of benzene rings is 1. The molecule has 5 nitrogen and oxygen atoms in total. The molecule has 1 N–H and O–H groups in total. The number of halogens is 1. The van der Waals surface area contributed by atoms with Crippen LogP contribution in [0.15, 0.2) is 24.3 Å². The molecule has 2 fully saturated rings. The van der Waals surface area contributed by atoms with Crippen molar-refractivity contribution in [2.24, 2.45) is 5.92 Å². The molecule has 3 unspecified atom stereocenters. The fraction of sp³-hybridized carbons (Fsp3) is 0.529. The van der Waals surface area contributed by atoms with Gasteiger partial charge >= 0.3 is 0 Å². The fourth-order valence-electron chi connectivity index (χ4n) is 3.22. The van der Waals surface area contributed by atoms with Crippen molar-refractivity contribution in [2.75, 3.05) is 18.1 Å². The van der Waals surface area contributed by atoms with E-state index in [1.54, 1.807) is 17.0 Å². The Labute approximate surface area is 140 Å². The lowest BCUT2D eigenvalue weighted by Crippen LogP contribution is -2.44. The van der Waals surface area contributed by atoms with Crippen molar-refractivity contribution >= 4 is 29.1 Å². The average molecular weight is 337 g/mol. The largest absolute Gasteiger partial charge is 0.376 e. The Morgan fingerprint density at radius 3 is 2.91 bits per heavy atom. The number of rotatable bonds is 4. The van der Waals surface area contributed by atoms with Crippen molar-refractivity contribution in [1.82, 2.24) is 5.32 Å². The monoisotopic (exact) mass is 336 g/mol. The molecule has 2 aliphatic rings. The second kappa shape index (κ2) is 6.89. The number of ether oxygens (including phenoxy) is 1. The van der Waals surface area contributed by atoms with Gasteiger partial charge in [-0.25, -0.2) is 0 Å². The second-order valence-electron chi connectivity index (χ2n) is 6.21. The molecule has 3 rings (SSSR count). The van der Waals surface area contributed by atoms with Gasteiger partial charge in [0.05, 0.1) is 28.8 Å². The molecule has 6 heteroatoms. The van der Waals surface area contributed by atoms with E-state index in [1.807, 2.05) is 19.1 Å². The predicted octanol–water partition coefficient (Wildman–Crippen LogP) is 2.38. The standard InChI is InChI=1S/C17H21ClN2O3/c1-11(15-7-4-8-23-15)19-17(22)12-9-16(21)20(10-12)14-6-3-2-5-13(14)18/h2-3,5-6,11-12,15H,4,7-10H2,1H3,(H,19,22). The quantitative estimate of drug-likeness (QED) is 0.918. The molecule has 0 spiro atoms. The van der Waals surface area contributed by atoms with Crippen molar-refractivity contribution in [3.05, 3.63) is 29.3 Å². The molecule has 2 amide bonds. The molecular weight excluding hydrogens is 316 g/mol. The van der Waals surface area contributed by atoms with Crippen LogP contribution in [0.5, 0.6) is 0 Å². The smallest absolute Gasteiger partial charge is 0.227 e. The van der Waals surface area contributed by atoms with Gasteiger partial charge in [-0.15, -0.1) is 0 Å². The number of nitrogens with zero attached hydrogens (tertiary/aromatic N) is 1. The maximum Gasteiger partial charge on any atom is 0.227 e. The Morgan fingerprint density at radius 2 is 2.22 bits per heavy atom. The lowest BCUT2D eigenvalue weighted by atomic mass is 10.1. The van der Waals surface area contributed by atoms with E-state index < -0.39 is 0 Å². The van der Waals surface area contributed by atoms with Crippen LogP contribution in [0.25, 0.3) is 0 Å². The summed E-state index contributed by atoms with van der Waals surface area (Å²) in [5.41, 5.74) is 0.668. The molecular formula is C17H21ClN2O3. The SMILES string of the molecule is CC(NC(=O)C1CC(=O)N(c2ccccc2Cl)C1)C1CCCO1. The van der Waals surface area contributed by atoms with Gasteiger partial charge < -0.3 is 15.0 Å². The maximum absolute atomic E-state index is 12.4. The van der Waals surface area contributed by atoms with Gasteiger partial charge in [-0.2, -0.15) is 0 Å². The Morgan fingerprint density at radius 1 is 1.43 bits per heavy atom. The molecule has 2 saturated heterocycles. The number of anilines is 1. The van der Waals surface area contributed by atoms with Crippen LogP contribution in [0.2, 0.25) is 5.02 Å². The van der Waals surface area contributed by atoms with Crippen molar-refractivity contribution in [3.63, 3.8) is 0 Å². The molecule has 0 aromatic heterocycles. The summed E-state index contributed by atoms with van der Waals surface area (Å²) >= 11 is 6.16. The highest BCUT2D eigenvalue weighted by Gasteiger charge is 2.37. The molecule has 124 valence electrons. The minimum atomic E-state index is -0.345. The molecule has 2 heterocycles. The molecule has 0 saturated carbocycles. The highest BCUT2D eigenvalue weighted by atomic mass is 35.5. The number of hydrogen-bond donors (Lipinski definition) is 1. The topological polar surface area (TPSA) is 58.6 Å². The van der Waals surface area contributed by atoms with Crippen LogP contribution in [-0.2, 0) is 14.3 Å². The Hall–Kier alpha value is -1.59. The summed E-state index contributed by atoms with van der Waals surface area (Å²) < 4.78 is 5.60. The van der Waals surface area contributed by atoms with Gasteiger partial charge in [-0.1, -0.05) is 23.7 Å². The lowest BCUT2D eigenvalue weighted by molar-refractivity contribution is -0.127. The number of carbonyl (C=O) groups excluding carboxylic acids is 2. The molecule has 0 radical (unpaired) electrons. The van der Waals surface area contributed by atoms with Gasteiger partial charge in [0, 0.05) is 19.6 Å². The highest BCUT2D eigenvalue weighted by Crippen LogP contribution is 2.31. The number of hydrogen-bond acceptors (Lipinski definition) is 3. The van der Waals surface area contributed by atoms with E-state index in [-0.39, 0.29) is 36.3 Å². The third-order valence-electron chi connectivity index (χ3n) is 4.53. The Balaban J connectivity index is 1.62. The first-order valence-corrected chi connectivity index (χ1v) is 8.41. The zero-order valence-electron chi connectivity index (χ0n) is 13.1. The summed E-state index contributed by atoms with van der Waals surface area (Å²) in [6, 6.07) is 7.17. The average Bonchev–Trinajstić information content (AvgIpc) is 3.17. The summed E-state index contributed by atoms with van der Waals surface area (Å²) in [4.78, 5) is 26.3. The lowest BCUT2D eigenvalue weighted by Gasteiger charge is -2.22. The molecule has 23 heavy (non-hydrogen) atoms. The third-order valence-corrected chi connectivity index (χ3v) is 4.85. The zero-order valence-corrected chi connectivity index (χ0v) is 13.9. The summed E-state index contributed by atoms with van der Waals surface area (Å²) in [6.07, 6.45) is 2.30. The number of para-hydroxylation sites is 1. The molecule has 2 aliphatic heterocycles. The number of amides is 2. The van der Waals surface area contributed by atoms with Crippen LogP contribution >= 0.6 is 11.6 Å². The van der Waals surface area contributed by atoms with E-state index in [2.05, 4.69) is 5.32 Å². The van der Waals surface area contributed by atoms with E-state index in [4.69, 9.17) is 16.3 Å². The van der Waals surface area contributed by atoms with Crippen molar-refractivity contribution < 1.29 is 14.3 Å². The predicted molar refractivity (Wildman–Crippen MR) is 88.5 cm³/mol. The van der Waals surface area contributed by atoms with Crippen LogP contribution < -0.4 is 10.2 Å². The van der Waals surface area contributed by atoms with Gasteiger partial charge in [-0.05, 0) is 31.9 Å². The molecule has 0 aliphatic carbocycles. The van der Waals surface area contributed by atoms with Crippen molar-refractivity contribution in [1.29, 1.82) is 0 Å². The van der Waals surface area contributed by atoms with Crippen LogP contribution in [0.4, 0.5) is 5.69 Å². The van der Waals surface area contributed by atoms with Crippen molar-refractivity contribution in [2.45, 2.75) is 38.3 Å². The molecule has 1 aromatic rings. The third kappa shape index (κ3) is 3.51. The number of nitrogens with one attached hydrogen (secondary N) is 1. The first-order chi connectivity index (χ1) is 11.1. The van der Waals surface area contributed by atoms with Gasteiger partial charge in [0.15, 0.2) is 0 Å². The Bertz CT molecular complexity index is 601. The van der Waals surface area contributed by atoms with Crippen LogP contribution in [0, 0.1) is 5.92 Å². The fourth-order valence-corrected chi connectivity index (χ4v) is 3.46. The second-order valence-corrected chi connectivity index (χ2v) is 6.61. The summed E-state index contributed by atoms with van der Waals surface area (Å²) in [5.74, 6) is -0.499. The zero-order chi connectivity index (χ0) is 16.4. The normalized spacial score (nSPS) is 25.7. The highest BCUT2D eigenvalue weighted by molar-refractivity contribution is 6.33. The van der Waals surface area contributed by atoms with E-state index in [9.17, 15) is 9.59 Å². The first-order valence-electron chi connectivity index (χ1n) is 8.03.